The fourth-order valence-electron chi connectivity index (χ4n) is 4.04. The maximum Gasteiger partial charge on any atom is 0.246 e. The van der Waals surface area contributed by atoms with Gasteiger partial charge in [0, 0.05) is 29.7 Å². The largest absolute Gasteiger partial charge is 0.344 e. The van der Waals surface area contributed by atoms with E-state index in [9.17, 15) is 24.0 Å². The lowest BCUT2D eigenvalue weighted by Gasteiger charge is -2.24. The van der Waals surface area contributed by atoms with E-state index in [-0.39, 0.29) is 47.6 Å². The average Bonchev–Trinajstić information content (AvgIpc) is 3.08. The van der Waals surface area contributed by atoms with E-state index >= 15 is 0 Å². The highest BCUT2D eigenvalue weighted by Crippen LogP contribution is 2.29. The zero-order valence-electron chi connectivity index (χ0n) is 22.9. The summed E-state index contributed by atoms with van der Waals surface area (Å²) in [6.07, 6.45) is 0.919. The highest BCUT2D eigenvalue weighted by molar-refractivity contribution is 8.11. The summed E-state index contributed by atoms with van der Waals surface area (Å²) < 4.78 is -0.0925. The van der Waals surface area contributed by atoms with Gasteiger partial charge in [-0.2, -0.15) is 12.6 Å². The van der Waals surface area contributed by atoms with Crippen molar-refractivity contribution in [2.24, 2.45) is 11.8 Å². The van der Waals surface area contributed by atoms with Crippen molar-refractivity contribution in [2.45, 2.75) is 82.7 Å². The minimum absolute atomic E-state index is 0.0529. The van der Waals surface area contributed by atoms with Crippen LogP contribution in [0, 0.1) is 11.8 Å². The topological polar surface area (TPSA) is 125 Å². The second kappa shape index (κ2) is 14.6. The van der Waals surface area contributed by atoms with E-state index < -0.39 is 29.1 Å². The number of rotatable bonds is 13. The molecule has 1 heterocycles. The van der Waals surface area contributed by atoms with Crippen LogP contribution in [0.1, 0.15) is 59.9 Å². The van der Waals surface area contributed by atoms with Gasteiger partial charge in [0.1, 0.15) is 12.1 Å². The third-order valence-corrected chi connectivity index (χ3v) is 7.47. The smallest absolute Gasteiger partial charge is 0.246 e. The molecule has 3 N–H and O–H groups in total. The number of hydrogen-bond donors (Lipinski definition) is 4. The Morgan fingerprint density at radius 3 is 2.18 bits per heavy atom. The van der Waals surface area contributed by atoms with E-state index in [4.69, 9.17) is 0 Å². The Hall–Kier alpha value is -2.53. The summed E-state index contributed by atoms with van der Waals surface area (Å²) in [4.78, 5) is 64.0. The monoisotopic (exact) mass is 564 g/mol. The lowest BCUT2D eigenvalue weighted by Crippen LogP contribution is -2.54. The zero-order chi connectivity index (χ0) is 28.6. The molecule has 1 fully saturated rings. The van der Waals surface area contributed by atoms with Crippen LogP contribution < -0.4 is 16.0 Å². The van der Waals surface area contributed by atoms with E-state index in [1.807, 2.05) is 31.2 Å². The summed E-state index contributed by atoms with van der Waals surface area (Å²) >= 11 is 5.57. The summed E-state index contributed by atoms with van der Waals surface area (Å²) in [6.45, 7) is 11.2. The first-order valence-electron chi connectivity index (χ1n) is 13.0. The molecule has 1 aromatic rings. The number of nitrogens with zero attached hydrogens (tertiary/aromatic N) is 1. The fourth-order valence-corrected chi connectivity index (χ4v) is 5.44. The lowest BCUT2D eigenvalue weighted by molar-refractivity contribution is -0.139. The quantitative estimate of drug-likeness (QED) is 0.166. The van der Waals surface area contributed by atoms with Crippen LogP contribution in [0.2, 0.25) is 0 Å². The third kappa shape index (κ3) is 9.65. The van der Waals surface area contributed by atoms with Crippen molar-refractivity contribution in [2.75, 3.05) is 11.9 Å². The van der Waals surface area contributed by atoms with E-state index in [1.54, 1.807) is 20.8 Å². The molecule has 1 aromatic carbocycles. The molecule has 3 unspecified atom stereocenters. The molecule has 1 aliphatic rings. The van der Waals surface area contributed by atoms with Crippen LogP contribution >= 0.6 is 24.4 Å². The Morgan fingerprint density at radius 1 is 1.00 bits per heavy atom. The Labute approximate surface area is 235 Å². The zero-order valence-corrected chi connectivity index (χ0v) is 24.7. The second-order valence-electron chi connectivity index (χ2n) is 10.4. The van der Waals surface area contributed by atoms with Crippen molar-refractivity contribution in [3.63, 3.8) is 0 Å². The predicted molar refractivity (Wildman–Crippen MR) is 154 cm³/mol. The highest BCUT2D eigenvalue weighted by atomic mass is 32.2. The van der Waals surface area contributed by atoms with Crippen LogP contribution in [0.3, 0.4) is 0 Å². The SMILES string of the molecule is CC(C)Cc1ccc(NC(=O)[C@H](C)NC(=O)C(NC(=O)CCN2C(=O)CC(SC(C)S)C2=O)C(C)C)cc1. The molecule has 0 spiro atoms. The van der Waals surface area contributed by atoms with Gasteiger partial charge in [-0.1, -0.05) is 39.8 Å². The van der Waals surface area contributed by atoms with Gasteiger partial charge in [-0.15, -0.1) is 11.8 Å². The molecule has 9 nitrogen and oxygen atoms in total. The Bertz CT molecular complexity index is 1010. The van der Waals surface area contributed by atoms with E-state index in [0.717, 1.165) is 11.3 Å². The van der Waals surface area contributed by atoms with Crippen LogP contribution in [0.5, 0.6) is 0 Å². The van der Waals surface area contributed by atoms with Crippen LogP contribution in [0.4, 0.5) is 5.69 Å². The Morgan fingerprint density at radius 2 is 1.63 bits per heavy atom. The first kappa shape index (κ1) is 31.7. The number of likely N-dealkylation sites (tertiary alicyclic amines) is 1. The van der Waals surface area contributed by atoms with E-state index in [0.29, 0.717) is 11.6 Å². The molecule has 0 aliphatic carbocycles. The van der Waals surface area contributed by atoms with Crippen LogP contribution in [-0.2, 0) is 30.4 Å². The van der Waals surface area contributed by atoms with Crippen molar-refractivity contribution in [1.82, 2.24) is 15.5 Å². The van der Waals surface area contributed by atoms with Gasteiger partial charge in [-0.25, -0.2) is 0 Å². The molecule has 38 heavy (non-hydrogen) atoms. The highest BCUT2D eigenvalue weighted by Gasteiger charge is 2.39. The van der Waals surface area contributed by atoms with E-state index in [1.165, 1.54) is 17.3 Å². The number of carbonyl (C=O) groups is 5. The molecule has 5 amide bonds. The number of hydrogen-bond acceptors (Lipinski definition) is 7. The number of thiol groups is 1. The summed E-state index contributed by atoms with van der Waals surface area (Å²) in [6, 6.07) is 5.87. The molecule has 0 bridgehead atoms. The predicted octanol–water partition coefficient (Wildman–Crippen LogP) is 3.00. The standard InChI is InChI=1S/C27H40N4O5S2/c1-15(2)13-19-7-9-20(10-8-19)29-25(34)17(5)28-26(35)24(16(3)4)30-22(32)11-12-31-23(33)14-21(27(31)36)38-18(6)37/h7-10,15-18,21,24,37H,11-14H2,1-6H3,(H,28,35)(H,29,34)(H,30,32)/t17-,18?,21?,24?/m0/s1. The number of imide groups is 1. The maximum absolute atomic E-state index is 12.9. The molecule has 2 rings (SSSR count). The van der Waals surface area contributed by atoms with Crippen molar-refractivity contribution in [3.05, 3.63) is 29.8 Å². The molecular weight excluding hydrogens is 524 g/mol. The summed E-state index contributed by atoms with van der Waals surface area (Å²) in [5, 5.41) is 7.65. The van der Waals surface area contributed by atoms with Crippen LogP contribution in [-0.4, -0.2) is 62.9 Å². The minimum Gasteiger partial charge on any atom is -0.344 e. The summed E-state index contributed by atoms with van der Waals surface area (Å²) in [7, 11) is 0. The van der Waals surface area contributed by atoms with E-state index in [2.05, 4.69) is 42.4 Å². The average molecular weight is 565 g/mol. The van der Waals surface area contributed by atoms with Gasteiger partial charge < -0.3 is 16.0 Å². The molecule has 0 aromatic heterocycles. The molecule has 0 radical (unpaired) electrons. The Kier molecular flexibility index (Phi) is 12.2. The minimum atomic E-state index is -0.883. The number of anilines is 1. The van der Waals surface area contributed by atoms with Gasteiger partial charge in [0.25, 0.3) is 0 Å². The van der Waals surface area contributed by atoms with Gasteiger partial charge >= 0.3 is 0 Å². The maximum atomic E-state index is 12.9. The third-order valence-electron chi connectivity index (χ3n) is 6.01. The van der Waals surface area contributed by atoms with Gasteiger partial charge in [0.15, 0.2) is 0 Å². The van der Waals surface area contributed by atoms with Crippen LogP contribution in [0.25, 0.3) is 0 Å². The van der Waals surface area contributed by atoms with Crippen molar-refractivity contribution >= 4 is 59.6 Å². The van der Waals surface area contributed by atoms with Crippen LogP contribution in [0.15, 0.2) is 24.3 Å². The first-order chi connectivity index (χ1) is 17.8. The normalized spacial score (nSPS) is 17.9. The summed E-state index contributed by atoms with van der Waals surface area (Å²) in [5.74, 6) is -1.69. The van der Waals surface area contributed by atoms with Crippen molar-refractivity contribution < 1.29 is 24.0 Å². The van der Waals surface area contributed by atoms with Crippen molar-refractivity contribution in [3.8, 4) is 0 Å². The Balaban J connectivity index is 1.88. The second-order valence-corrected chi connectivity index (χ2v) is 13.0. The molecule has 0 saturated carbocycles. The van der Waals surface area contributed by atoms with Gasteiger partial charge in [-0.05, 0) is 49.8 Å². The molecular formula is C27H40N4O5S2. The van der Waals surface area contributed by atoms with Gasteiger partial charge in [0.05, 0.1) is 5.25 Å². The first-order valence-corrected chi connectivity index (χ1v) is 14.4. The molecule has 210 valence electrons. The summed E-state index contributed by atoms with van der Waals surface area (Å²) in [5.41, 5.74) is 1.81. The molecule has 1 aliphatic heterocycles. The molecule has 4 atom stereocenters. The fraction of sp³-hybridized carbons (Fsp3) is 0.593. The van der Waals surface area contributed by atoms with Crippen molar-refractivity contribution in [1.29, 1.82) is 0 Å². The number of carbonyl (C=O) groups excluding carboxylic acids is 5. The lowest BCUT2D eigenvalue weighted by atomic mass is 10.0. The number of benzene rings is 1. The van der Waals surface area contributed by atoms with Gasteiger partial charge in [0.2, 0.25) is 29.5 Å². The molecule has 11 heteroatoms. The number of amides is 5. The number of thioether (sulfide) groups is 1. The van der Waals surface area contributed by atoms with Gasteiger partial charge in [-0.3, -0.25) is 28.9 Å². The number of nitrogens with one attached hydrogen (secondary N) is 3. The molecule has 1 saturated heterocycles.